The summed E-state index contributed by atoms with van der Waals surface area (Å²) in [4.78, 5) is 0. The molecule has 0 bridgehead atoms. The zero-order chi connectivity index (χ0) is 30.0. The number of fused-ring (bicyclic) bond motifs is 2. The molecule has 0 unspecified atom stereocenters. The summed E-state index contributed by atoms with van der Waals surface area (Å²) in [5.74, 6) is -4.07. The van der Waals surface area contributed by atoms with Crippen LogP contribution in [-0.4, -0.2) is 63.3 Å². The van der Waals surface area contributed by atoms with E-state index in [1.165, 1.54) is 48.5 Å². The normalized spacial score (nSPS) is 24.7. The van der Waals surface area contributed by atoms with E-state index in [2.05, 4.69) is 0 Å². The number of aliphatic hydroxyl groups excluding tert-OH is 4. The van der Waals surface area contributed by atoms with E-state index in [9.17, 15) is 51.1 Å². The standard InChI is InChI=1S/C30H26O12/c31-13-5-1-11(2-6-13)27-23(37)21(35)17-9-15(19(33)25(39)29(17)41-27)16-10-18-22(36)24(38)28(12-3-7-14(32)8-4-12)42-30(18)26(40)20(16)34/h1-10,21-24,27-28,31-40H/t21-,22+,23-,24-,27-,28+/m1/s1. The Kier molecular flexibility index (Phi) is 6.43. The molecule has 42 heavy (non-hydrogen) atoms. The first-order valence-electron chi connectivity index (χ1n) is 12.8. The molecule has 10 N–H and O–H groups in total. The number of benzene rings is 4. The second kappa shape index (κ2) is 9.89. The Morgan fingerprint density at radius 3 is 1.12 bits per heavy atom. The zero-order valence-electron chi connectivity index (χ0n) is 21.5. The van der Waals surface area contributed by atoms with Gasteiger partial charge in [-0.15, -0.1) is 0 Å². The molecular formula is C30H26O12. The molecule has 2 heterocycles. The highest BCUT2D eigenvalue weighted by Gasteiger charge is 2.42. The van der Waals surface area contributed by atoms with Gasteiger partial charge in [-0.3, -0.25) is 0 Å². The lowest BCUT2D eigenvalue weighted by Gasteiger charge is -2.36. The van der Waals surface area contributed by atoms with E-state index >= 15 is 0 Å². The highest BCUT2D eigenvalue weighted by atomic mass is 16.5. The minimum atomic E-state index is -1.65. The molecule has 2 aliphatic rings. The molecule has 12 nitrogen and oxygen atoms in total. The summed E-state index contributed by atoms with van der Waals surface area (Å²) in [5, 5.41) is 106. The first-order chi connectivity index (χ1) is 20.0. The summed E-state index contributed by atoms with van der Waals surface area (Å²) in [7, 11) is 0. The van der Waals surface area contributed by atoms with Gasteiger partial charge in [-0.1, -0.05) is 24.3 Å². The van der Waals surface area contributed by atoms with Crippen molar-refractivity contribution in [1.82, 2.24) is 0 Å². The van der Waals surface area contributed by atoms with Crippen LogP contribution in [0.2, 0.25) is 0 Å². The van der Waals surface area contributed by atoms with Crippen molar-refractivity contribution in [2.75, 3.05) is 0 Å². The Morgan fingerprint density at radius 2 is 0.786 bits per heavy atom. The van der Waals surface area contributed by atoms with Gasteiger partial charge >= 0.3 is 0 Å². The van der Waals surface area contributed by atoms with E-state index in [0.29, 0.717) is 11.1 Å². The monoisotopic (exact) mass is 578 g/mol. The van der Waals surface area contributed by atoms with Crippen molar-refractivity contribution in [2.24, 2.45) is 0 Å². The summed E-state index contributed by atoms with van der Waals surface area (Å²) >= 11 is 0. The van der Waals surface area contributed by atoms with E-state index < -0.39 is 59.6 Å². The van der Waals surface area contributed by atoms with Crippen LogP contribution in [-0.2, 0) is 0 Å². The summed E-state index contributed by atoms with van der Waals surface area (Å²) in [5.41, 5.74) is -0.177. The number of rotatable bonds is 3. The molecule has 4 aromatic rings. The second-order valence-electron chi connectivity index (χ2n) is 10.2. The molecule has 0 amide bonds. The second-order valence-corrected chi connectivity index (χ2v) is 10.2. The molecule has 6 rings (SSSR count). The largest absolute Gasteiger partial charge is 0.508 e. The maximum Gasteiger partial charge on any atom is 0.201 e. The third-order valence-corrected chi connectivity index (χ3v) is 7.64. The average Bonchev–Trinajstić information content (AvgIpc) is 2.98. The number of ether oxygens (including phenoxy) is 2. The zero-order valence-corrected chi connectivity index (χ0v) is 21.5. The van der Waals surface area contributed by atoms with Crippen LogP contribution in [0.25, 0.3) is 11.1 Å². The fourth-order valence-corrected chi connectivity index (χ4v) is 5.37. The van der Waals surface area contributed by atoms with Crippen molar-refractivity contribution in [3.8, 4) is 57.1 Å². The summed E-state index contributed by atoms with van der Waals surface area (Å²) in [6, 6.07) is 13.5. The van der Waals surface area contributed by atoms with Gasteiger partial charge in [0, 0.05) is 22.3 Å². The number of hydrogen-bond acceptors (Lipinski definition) is 12. The third kappa shape index (κ3) is 4.16. The van der Waals surface area contributed by atoms with Crippen LogP contribution in [0.15, 0.2) is 60.7 Å². The van der Waals surface area contributed by atoms with Crippen molar-refractivity contribution in [3.05, 3.63) is 82.9 Å². The Balaban J connectivity index is 1.43. The Labute approximate surface area is 237 Å². The van der Waals surface area contributed by atoms with Gasteiger partial charge in [0.15, 0.2) is 35.2 Å². The SMILES string of the molecule is Oc1ccc([C@H]2Oc3c(cc(-c4cc5c(c(O)c4O)O[C@@H](c4ccc(O)cc4)[C@H](O)[C@H]5O)c(O)c3O)[C@@H](O)[C@H]2O)cc1. The fourth-order valence-electron chi connectivity index (χ4n) is 5.37. The molecule has 0 saturated carbocycles. The van der Waals surface area contributed by atoms with Gasteiger partial charge in [-0.05, 0) is 47.5 Å². The highest BCUT2D eigenvalue weighted by molar-refractivity contribution is 5.85. The molecular weight excluding hydrogens is 552 g/mol. The van der Waals surface area contributed by atoms with Gasteiger partial charge < -0.3 is 60.5 Å². The quantitative estimate of drug-likeness (QED) is 0.159. The first kappa shape index (κ1) is 27.3. The van der Waals surface area contributed by atoms with Gasteiger partial charge in [0.1, 0.15) is 35.9 Å². The van der Waals surface area contributed by atoms with E-state index in [-0.39, 0.29) is 45.3 Å². The third-order valence-electron chi connectivity index (χ3n) is 7.64. The van der Waals surface area contributed by atoms with Crippen molar-refractivity contribution in [3.63, 3.8) is 0 Å². The lowest BCUT2D eigenvalue weighted by molar-refractivity contribution is -0.0711. The number of aromatic hydroxyl groups is 6. The van der Waals surface area contributed by atoms with Crippen molar-refractivity contribution >= 4 is 0 Å². The van der Waals surface area contributed by atoms with Gasteiger partial charge in [0.2, 0.25) is 11.5 Å². The molecule has 0 aromatic heterocycles. The predicted octanol–water partition coefficient (Wildman–Crippen LogP) is 2.64. The maximum absolute atomic E-state index is 11.0. The van der Waals surface area contributed by atoms with Gasteiger partial charge in [0.25, 0.3) is 0 Å². The summed E-state index contributed by atoms with van der Waals surface area (Å²) < 4.78 is 11.5. The number of aliphatic hydroxyl groups is 4. The lowest BCUT2D eigenvalue weighted by atomic mass is 9.87. The molecule has 12 heteroatoms. The molecule has 2 aliphatic heterocycles. The van der Waals surface area contributed by atoms with Crippen LogP contribution < -0.4 is 9.47 Å². The van der Waals surface area contributed by atoms with Crippen molar-refractivity contribution < 1.29 is 60.5 Å². The number of hydrogen-bond donors (Lipinski definition) is 10. The molecule has 0 radical (unpaired) electrons. The Hall–Kier alpha value is -4.88. The fraction of sp³-hybridized carbons (Fsp3) is 0.200. The van der Waals surface area contributed by atoms with Gasteiger partial charge in [0.05, 0.1) is 0 Å². The van der Waals surface area contributed by atoms with E-state index in [1.807, 2.05) is 0 Å². The van der Waals surface area contributed by atoms with Crippen LogP contribution in [0.3, 0.4) is 0 Å². The lowest BCUT2D eigenvalue weighted by Crippen LogP contribution is -2.34. The maximum atomic E-state index is 11.0. The summed E-state index contributed by atoms with van der Waals surface area (Å²) in [6.45, 7) is 0. The number of phenols is 6. The molecule has 6 atom stereocenters. The average molecular weight is 579 g/mol. The molecule has 0 aliphatic carbocycles. The Morgan fingerprint density at radius 1 is 0.452 bits per heavy atom. The van der Waals surface area contributed by atoms with Crippen molar-refractivity contribution in [1.29, 1.82) is 0 Å². The van der Waals surface area contributed by atoms with Crippen LogP contribution in [0.5, 0.6) is 46.0 Å². The van der Waals surface area contributed by atoms with E-state index in [1.54, 1.807) is 0 Å². The smallest absolute Gasteiger partial charge is 0.201 e. The van der Waals surface area contributed by atoms with Gasteiger partial charge in [-0.25, -0.2) is 0 Å². The number of phenolic OH excluding ortho intramolecular Hbond substituents is 6. The molecule has 0 spiro atoms. The van der Waals surface area contributed by atoms with Crippen LogP contribution in [0.1, 0.15) is 46.7 Å². The van der Waals surface area contributed by atoms with Crippen LogP contribution in [0, 0.1) is 0 Å². The minimum absolute atomic E-state index is 0.0397. The topological polar surface area (TPSA) is 221 Å². The van der Waals surface area contributed by atoms with Crippen molar-refractivity contribution in [2.45, 2.75) is 36.6 Å². The highest BCUT2D eigenvalue weighted by Crippen LogP contribution is 2.57. The minimum Gasteiger partial charge on any atom is -0.508 e. The molecule has 4 aromatic carbocycles. The predicted molar refractivity (Wildman–Crippen MR) is 143 cm³/mol. The Bertz CT molecular complexity index is 1540. The van der Waals surface area contributed by atoms with E-state index in [4.69, 9.17) is 9.47 Å². The molecule has 0 saturated heterocycles. The van der Waals surface area contributed by atoms with Crippen LogP contribution in [0.4, 0.5) is 0 Å². The molecule has 218 valence electrons. The van der Waals surface area contributed by atoms with E-state index in [0.717, 1.165) is 12.1 Å². The van der Waals surface area contributed by atoms with Crippen LogP contribution >= 0.6 is 0 Å². The summed E-state index contributed by atoms with van der Waals surface area (Å²) in [6.07, 6.45) is -8.75. The van der Waals surface area contributed by atoms with Gasteiger partial charge in [-0.2, -0.15) is 0 Å². The molecule has 0 fully saturated rings. The first-order valence-corrected chi connectivity index (χ1v) is 12.8.